The fourth-order valence-electron chi connectivity index (χ4n) is 3.13. The summed E-state index contributed by atoms with van der Waals surface area (Å²) in [5, 5.41) is 0. The van der Waals surface area contributed by atoms with Gasteiger partial charge in [-0.25, -0.2) is 13.2 Å². The molecule has 28 heavy (non-hydrogen) atoms. The van der Waals surface area contributed by atoms with Crippen LogP contribution in [0.3, 0.4) is 0 Å². The number of sulfonamides is 1. The van der Waals surface area contributed by atoms with Crippen LogP contribution >= 0.6 is 0 Å². The van der Waals surface area contributed by atoms with Crippen LogP contribution in [0.25, 0.3) is 0 Å². The molecule has 1 N–H and O–H groups in total. The molecule has 1 unspecified atom stereocenters. The van der Waals surface area contributed by atoms with Crippen molar-refractivity contribution in [3.05, 3.63) is 60.2 Å². The highest BCUT2D eigenvalue weighted by atomic mass is 32.2. The molecule has 0 aliphatic carbocycles. The summed E-state index contributed by atoms with van der Waals surface area (Å²) in [6.45, 7) is 0.325. The SMILES string of the molecule is CS(=O)(=O)O[N+]1(Cc2ccc(NS(=O)(=O)c3ccccc3)cc2)CCCC1=O. The number of hydrogen-bond acceptors (Lipinski definition) is 6. The molecule has 0 bridgehead atoms. The number of hydroxylamine groups is 3. The van der Waals surface area contributed by atoms with Crippen LogP contribution in [0.4, 0.5) is 5.69 Å². The van der Waals surface area contributed by atoms with Gasteiger partial charge in [0.2, 0.25) is 0 Å². The van der Waals surface area contributed by atoms with Crippen molar-refractivity contribution < 1.29 is 30.6 Å². The van der Waals surface area contributed by atoms with Gasteiger partial charge in [0.25, 0.3) is 10.0 Å². The molecule has 10 heteroatoms. The normalized spacial score (nSPS) is 20.2. The summed E-state index contributed by atoms with van der Waals surface area (Å²) in [5.41, 5.74) is 1.01. The first-order valence-electron chi connectivity index (χ1n) is 8.58. The quantitative estimate of drug-likeness (QED) is 0.680. The highest BCUT2D eigenvalue weighted by molar-refractivity contribution is 7.92. The number of hydrogen-bond donors (Lipinski definition) is 1. The number of quaternary nitrogens is 1. The molecule has 150 valence electrons. The van der Waals surface area contributed by atoms with Crippen molar-refractivity contribution in [2.45, 2.75) is 24.3 Å². The van der Waals surface area contributed by atoms with Crippen LogP contribution in [0.15, 0.2) is 59.5 Å². The summed E-state index contributed by atoms with van der Waals surface area (Å²) < 4.78 is 55.0. The number of carbonyl (C=O) groups excluding carboxylic acids is 1. The lowest BCUT2D eigenvalue weighted by atomic mass is 10.2. The molecule has 1 atom stereocenters. The zero-order valence-electron chi connectivity index (χ0n) is 15.2. The molecular weight excluding hydrogens is 404 g/mol. The third-order valence-electron chi connectivity index (χ3n) is 4.34. The number of carbonyl (C=O) groups is 1. The molecule has 2 aromatic carbocycles. The zero-order chi connectivity index (χ0) is 20.4. The minimum Gasteiger partial charge on any atom is -0.280 e. The Balaban J connectivity index is 1.78. The Bertz CT molecular complexity index is 1070. The van der Waals surface area contributed by atoms with Gasteiger partial charge in [-0.1, -0.05) is 39.3 Å². The summed E-state index contributed by atoms with van der Waals surface area (Å²) in [6, 6.07) is 14.4. The van der Waals surface area contributed by atoms with E-state index in [1.807, 2.05) is 0 Å². The van der Waals surface area contributed by atoms with E-state index >= 15 is 0 Å². The van der Waals surface area contributed by atoms with Crippen molar-refractivity contribution in [2.75, 3.05) is 17.5 Å². The van der Waals surface area contributed by atoms with Gasteiger partial charge in [-0.2, -0.15) is 8.42 Å². The number of rotatable bonds is 7. The van der Waals surface area contributed by atoms with E-state index in [1.54, 1.807) is 42.5 Å². The maximum absolute atomic E-state index is 12.4. The monoisotopic (exact) mass is 425 g/mol. The topological polar surface area (TPSA) is 107 Å². The number of benzene rings is 2. The van der Waals surface area contributed by atoms with Gasteiger partial charge >= 0.3 is 16.0 Å². The minimum atomic E-state index is -3.82. The second-order valence-corrected chi connectivity index (χ2v) is 9.90. The van der Waals surface area contributed by atoms with E-state index in [1.165, 1.54) is 12.1 Å². The van der Waals surface area contributed by atoms with Gasteiger partial charge in [0.05, 0.1) is 17.6 Å². The van der Waals surface area contributed by atoms with Crippen LogP contribution in [0, 0.1) is 0 Å². The van der Waals surface area contributed by atoms with Crippen molar-refractivity contribution >= 4 is 31.7 Å². The Morgan fingerprint density at radius 2 is 1.64 bits per heavy atom. The largest absolute Gasteiger partial charge is 0.347 e. The van der Waals surface area contributed by atoms with E-state index in [0.29, 0.717) is 17.7 Å². The van der Waals surface area contributed by atoms with E-state index in [0.717, 1.165) is 6.26 Å². The average Bonchev–Trinajstić information content (AvgIpc) is 2.95. The Hall–Kier alpha value is -2.27. The third kappa shape index (κ3) is 4.76. The van der Waals surface area contributed by atoms with Gasteiger partial charge in [0.15, 0.2) is 0 Å². The van der Waals surface area contributed by atoms with Crippen molar-refractivity contribution in [2.24, 2.45) is 0 Å². The molecule has 2 aromatic rings. The maximum atomic E-state index is 12.4. The van der Waals surface area contributed by atoms with Crippen LogP contribution in [0.5, 0.6) is 0 Å². The molecule has 1 amide bonds. The molecule has 0 radical (unpaired) electrons. The predicted octanol–water partition coefficient (Wildman–Crippen LogP) is 2.02. The van der Waals surface area contributed by atoms with Crippen molar-refractivity contribution in [1.29, 1.82) is 0 Å². The second-order valence-electron chi connectivity index (χ2n) is 6.66. The van der Waals surface area contributed by atoms with Crippen LogP contribution in [-0.4, -0.2) is 40.2 Å². The van der Waals surface area contributed by atoms with E-state index in [-0.39, 0.29) is 30.3 Å². The van der Waals surface area contributed by atoms with Gasteiger partial charge in [-0.05, 0) is 24.3 Å². The van der Waals surface area contributed by atoms with E-state index < -0.39 is 24.8 Å². The summed E-state index contributed by atoms with van der Waals surface area (Å²) in [5.74, 6) is -0.292. The highest BCUT2D eigenvalue weighted by Gasteiger charge is 2.47. The first-order chi connectivity index (χ1) is 13.1. The summed E-state index contributed by atoms with van der Waals surface area (Å²) in [4.78, 5) is 12.4. The summed E-state index contributed by atoms with van der Waals surface area (Å²) in [6.07, 6.45) is 1.72. The third-order valence-corrected chi connectivity index (χ3v) is 6.29. The Labute approximate surface area is 164 Å². The lowest BCUT2D eigenvalue weighted by molar-refractivity contribution is -1.02. The molecule has 0 spiro atoms. The Kier molecular flexibility index (Phi) is 5.57. The molecule has 8 nitrogen and oxygen atoms in total. The molecule has 3 rings (SSSR count). The van der Waals surface area contributed by atoms with Gasteiger partial charge in [-0.15, -0.1) is 0 Å². The lowest BCUT2D eigenvalue weighted by Gasteiger charge is -2.26. The van der Waals surface area contributed by atoms with Gasteiger partial charge in [0, 0.05) is 17.7 Å². The van der Waals surface area contributed by atoms with E-state index in [4.69, 9.17) is 4.28 Å². The zero-order valence-corrected chi connectivity index (χ0v) is 16.9. The fraction of sp³-hybridized carbons (Fsp3) is 0.278. The van der Waals surface area contributed by atoms with E-state index in [2.05, 4.69) is 4.72 Å². The van der Waals surface area contributed by atoms with Crippen molar-refractivity contribution in [1.82, 2.24) is 0 Å². The molecule has 1 aliphatic heterocycles. The fourth-order valence-corrected chi connectivity index (χ4v) is 4.94. The number of anilines is 1. The average molecular weight is 426 g/mol. The van der Waals surface area contributed by atoms with E-state index in [9.17, 15) is 21.6 Å². The molecule has 0 aromatic heterocycles. The molecule has 1 heterocycles. The standard InChI is InChI=1S/C18H21N2O6S2/c1-27(22,23)26-20(13-5-8-18(20)21)14-15-9-11-16(12-10-15)19-28(24,25)17-6-3-2-4-7-17/h2-4,6-7,9-12,19H,5,8,13-14H2,1H3/q+1. The maximum Gasteiger partial charge on any atom is 0.347 e. The Morgan fingerprint density at radius 3 is 2.18 bits per heavy atom. The molecular formula is C18H21N2O6S2+. The van der Waals surface area contributed by atoms with Crippen molar-refractivity contribution in [3.63, 3.8) is 0 Å². The lowest BCUT2D eigenvalue weighted by Crippen LogP contribution is -2.49. The first kappa shape index (κ1) is 20.5. The molecule has 1 aliphatic rings. The second kappa shape index (κ2) is 7.63. The summed E-state index contributed by atoms with van der Waals surface area (Å²) >= 11 is 0. The van der Waals surface area contributed by atoms with Crippen LogP contribution in [0.2, 0.25) is 0 Å². The van der Waals surface area contributed by atoms with Gasteiger partial charge < -0.3 is 0 Å². The van der Waals surface area contributed by atoms with Crippen molar-refractivity contribution in [3.8, 4) is 0 Å². The van der Waals surface area contributed by atoms with Gasteiger partial charge in [-0.3, -0.25) is 4.72 Å². The van der Waals surface area contributed by atoms with Gasteiger partial charge in [0.1, 0.15) is 13.1 Å². The summed E-state index contributed by atoms with van der Waals surface area (Å²) in [7, 11) is -7.53. The number of amides is 1. The predicted molar refractivity (Wildman–Crippen MR) is 103 cm³/mol. The van der Waals surface area contributed by atoms with Crippen LogP contribution in [0.1, 0.15) is 18.4 Å². The van der Waals surface area contributed by atoms with Crippen LogP contribution < -0.4 is 4.72 Å². The number of likely N-dealkylation sites (tertiary alicyclic amines) is 1. The van der Waals surface area contributed by atoms with Crippen LogP contribution in [-0.2, 0) is 35.8 Å². The minimum absolute atomic E-state index is 0.0532. The molecule has 1 fully saturated rings. The smallest absolute Gasteiger partial charge is 0.280 e. The number of nitrogens with one attached hydrogen (secondary N) is 1. The molecule has 0 saturated carbocycles. The molecule has 1 saturated heterocycles. The number of nitrogens with zero attached hydrogens (tertiary/aromatic N) is 1. The Morgan fingerprint density at radius 1 is 1.00 bits per heavy atom. The highest BCUT2D eigenvalue weighted by Crippen LogP contribution is 2.28. The first-order valence-corrected chi connectivity index (χ1v) is 11.9.